The standard InChI is InChI=1S/C16H16N2O/c19-18-16-14-8-2-1-5-12(14)6-3-9-15(16)13-7-4-10-17-11-13/h1-2,4-5,7-8,10-11,15,19H,3,6,9H2/b18-16-/t15-/m0/s1. The molecule has 1 heterocycles. The summed E-state index contributed by atoms with van der Waals surface area (Å²) in [5.41, 5.74) is 4.21. The molecule has 3 heteroatoms. The molecule has 3 rings (SSSR count). The Bertz CT molecular complexity index is 593. The first-order valence-electron chi connectivity index (χ1n) is 6.60. The minimum absolute atomic E-state index is 0.127. The third-order valence-electron chi connectivity index (χ3n) is 3.76. The van der Waals surface area contributed by atoms with Gasteiger partial charge in [-0.3, -0.25) is 4.98 Å². The summed E-state index contributed by atoms with van der Waals surface area (Å²) in [6.45, 7) is 0. The van der Waals surface area contributed by atoms with Crippen molar-refractivity contribution >= 4 is 5.71 Å². The maximum absolute atomic E-state index is 9.46. The molecule has 0 saturated carbocycles. The lowest BCUT2D eigenvalue weighted by atomic mass is 9.89. The smallest absolute Gasteiger partial charge is 0.0945 e. The molecule has 0 saturated heterocycles. The van der Waals surface area contributed by atoms with Gasteiger partial charge in [-0.1, -0.05) is 35.5 Å². The van der Waals surface area contributed by atoms with Gasteiger partial charge in [0, 0.05) is 23.9 Å². The molecule has 0 unspecified atom stereocenters. The molecular weight excluding hydrogens is 236 g/mol. The molecule has 19 heavy (non-hydrogen) atoms. The average Bonchev–Trinajstić information content (AvgIpc) is 2.67. The van der Waals surface area contributed by atoms with Gasteiger partial charge < -0.3 is 5.21 Å². The third-order valence-corrected chi connectivity index (χ3v) is 3.76. The molecule has 0 spiro atoms. The van der Waals surface area contributed by atoms with Crippen molar-refractivity contribution in [2.75, 3.05) is 0 Å². The van der Waals surface area contributed by atoms with E-state index in [1.54, 1.807) is 6.20 Å². The van der Waals surface area contributed by atoms with E-state index in [4.69, 9.17) is 0 Å². The Kier molecular flexibility index (Phi) is 3.27. The van der Waals surface area contributed by atoms with Gasteiger partial charge in [0.25, 0.3) is 0 Å². The first-order chi connectivity index (χ1) is 9.40. The van der Waals surface area contributed by atoms with Crippen LogP contribution in [0.5, 0.6) is 0 Å². The number of hydrogen-bond donors (Lipinski definition) is 1. The van der Waals surface area contributed by atoms with Crippen LogP contribution in [0.2, 0.25) is 0 Å². The number of fused-ring (bicyclic) bond motifs is 1. The maximum atomic E-state index is 9.46. The zero-order chi connectivity index (χ0) is 13.1. The van der Waals surface area contributed by atoms with E-state index < -0.39 is 0 Å². The van der Waals surface area contributed by atoms with Crippen LogP contribution >= 0.6 is 0 Å². The zero-order valence-electron chi connectivity index (χ0n) is 10.7. The second-order valence-corrected chi connectivity index (χ2v) is 4.87. The Morgan fingerprint density at radius 2 is 2.05 bits per heavy atom. The molecular formula is C16H16N2O. The van der Waals surface area contributed by atoms with E-state index in [9.17, 15) is 5.21 Å². The van der Waals surface area contributed by atoms with Gasteiger partial charge in [0.15, 0.2) is 0 Å². The van der Waals surface area contributed by atoms with E-state index in [1.807, 2.05) is 30.5 Å². The van der Waals surface area contributed by atoms with E-state index >= 15 is 0 Å². The first kappa shape index (κ1) is 11.9. The fraction of sp³-hybridized carbons (Fsp3) is 0.250. The van der Waals surface area contributed by atoms with Crippen molar-refractivity contribution < 1.29 is 5.21 Å². The Morgan fingerprint density at radius 1 is 1.16 bits per heavy atom. The summed E-state index contributed by atoms with van der Waals surface area (Å²) in [5.74, 6) is 0.127. The van der Waals surface area contributed by atoms with Crippen LogP contribution in [0.15, 0.2) is 53.9 Å². The molecule has 3 nitrogen and oxygen atoms in total. The summed E-state index contributed by atoms with van der Waals surface area (Å²) in [6, 6.07) is 12.2. The molecule has 1 aliphatic carbocycles. The van der Waals surface area contributed by atoms with Gasteiger partial charge in [-0.25, -0.2) is 0 Å². The number of aromatic nitrogens is 1. The molecule has 1 N–H and O–H groups in total. The van der Waals surface area contributed by atoms with E-state index in [2.05, 4.69) is 22.3 Å². The lowest BCUT2D eigenvalue weighted by Gasteiger charge is -2.16. The molecule has 2 aromatic rings. The lowest BCUT2D eigenvalue weighted by molar-refractivity contribution is 0.317. The largest absolute Gasteiger partial charge is 0.411 e. The molecule has 1 aromatic heterocycles. The number of hydrogen-bond acceptors (Lipinski definition) is 3. The van der Waals surface area contributed by atoms with E-state index in [0.29, 0.717) is 0 Å². The maximum Gasteiger partial charge on any atom is 0.0945 e. The van der Waals surface area contributed by atoms with Crippen LogP contribution in [0.3, 0.4) is 0 Å². The summed E-state index contributed by atoms with van der Waals surface area (Å²) < 4.78 is 0. The summed E-state index contributed by atoms with van der Waals surface area (Å²) in [5, 5.41) is 13.1. The Morgan fingerprint density at radius 3 is 2.84 bits per heavy atom. The minimum atomic E-state index is 0.127. The molecule has 0 fully saturated rings. The number of aryl methyl sites for hydroxylation is 1. The highest BCUT2D eigenvalue weighted by Crippen LogP contribution is 2.31. The molecule has 96 valence electrons. The number of oxime groups is 1. The van der Waals surface area contributed by atoms with Crippen molar-refractivity contribution in [1.82, 2.24) is 4.98 Å². The molecule has 0 bridgehead atoms. The minimum Gasteiger partial charge on any atom is -0.411 e. The number of pyridine rings is 1. The van der Waals surface area contributed by atoms with Crippen LogP contribution in [-0.4, -0.2) is 15.9 Å². The van der Waals surface area contributed by atoms with Crippen LogP contribution < -0.4 is 0 Å². The van der Waals surface area contributed by atoms with Gasteiger partial charge >= 0.3 is 0 Å². The lowest BCUT2D eigenvalue weighted by Crippen LogP contribution is -2.14. The van der Waals surface area contributed by atoms with Gasteiger partial charge in [-0.05, 0) is 36.5 Å². The quantitative estimate of drug-likeness (QED) is 0.480. The van der Waals surface area contributed by atoms with Crippen LogP contribution in [0.4, 0.5) is 0 Å². The molecule has 0 amide bonds. The van der Waals surface area contributed by atoms with Crippen LogP contribution in [0.1, 0.15) is 35.4 Å². The van der Waals surface area contributed by atoms with Crippen LogP contribution in [0, 0.1) is 0 Å². The third kappa shape index (κ3) is 2.24. The summed E-state index contributed by atoms with van der Waals surface area (Å²) in [7, 11) is 0. The highest BCUT2D eigenvalue weighted by molar-refractivity contribution is 6.06. The van der Waals surface area contributed by atoms with Gasteiger partial charge in [0.05, 0.1) is 5.71 Å². The summed E-state index contributed by atoms with van der Waals surface area (Å²) >= 11 is 0. The predicted octanol–water partition coefficient (Wildman–Crippen LogP) is 3.38. The highest BCUT2D eigenvalue weighted by atomic mass is 16.4. The van der Waals surface area contributed by atoms with Crippen molar-refractivity contribution in [3.63, 3.8) is 0 Å². The topological polar surface area (TPSA) is 45.5 Å². The van der Waals surface area contributed by atoms with Gasteiger partial charge in [-0.2, -0.15) is 0 Å². The molecule has 0 aliphatic heterocycles. The fourth-order valence-corrected chi connectivity index (χ4v) is 2.84. The van der Waals surface area contributed by atoms with E-state index in [-0.39, 0.29) is 5.92 Å². The van der Waals surface area contributed by atoms with Gasteiger partial charge in [-0.15, -0.1) is 0 Å². The van der Waals surface area contributed by atoms with Crippen LogP contribution in [0.25, 0.3) is 0 Å². The number of rotatable bonds is 1. The van der Waals surface area contributed by atoms with Gasteiger partial charge in [0.2, 0.25) is 0 Å². The number of nitrogens with zero attached hydrogens (tertiary/aromatic N) is 2. The normalized spacial score (nSPS) is 20.8. The molecule has 0 radical (unpaired) electrons. The van der Waals surface area contributed by atoms with Crippen molar-refractivity contribution in [3.05, 3.63) is 65.5 Å². The fourth-order valence-electron chi connectivity index (χ4n) is 2.84. The van der Waals surface area contributed by atoms with E-state index in [0.717, 1.165) is 36.1 Å². The molecule has 1 aromatic carbocycles. The van der Waals surface area contributed by atoms with Crippen molar-refractivity contribution in [1.29, 1.82) is 0 Å². The van der Waals surface area contributed by atoms with Gasteiger partial charge in [0.1, 0.15) is 0 Å². The second kappa shape index (κ2) is 5.22. The number of benzene rings is 1. The monoisotopic (exact) mass is 252 g/mol. The summed E-state index contributed by atoms with van der Waals surface area (Å²) in [6.07, 6.45) is 6.75. The van der Waals surface area contributed by atoms with Crippen LogP contribution in [-0.2, 0) is 6.42 Å². The highest BCUT2D eigenvalue weighted by Gasteiger charge is 2.25. The second-order valence-electron chi connectivity index (χ2n) is 4.87. The first-order valence-corrected chi connectivity index (χ1v) is 6.60. The Balaban J connectivity index is 2.08. The Hall–Kier alpha value is -2.16. The van der Waals surface area contributed by atoms with Crippen molar-refractivity contribution in [2.24, 2.45) is 5.16 Å². The molecule has 1 atom stereocenters. The Labute approximate surface area is 112 Å². The summed E-state index contributed by atoms with van der Waals surface area (Å²) in [4.78, 5) is 4.18. The SMILES string of the molecule is O/N=C1/c2ccccc2CCC[C@H]1c1cccnc1. The van der Waals surface area contributed by atoms with Crippen molar-refractivity contribution in [3.8, 4) is 0 Å². The average molecular weight is 252 g/mol. The van der Waals surface area contributed by atoms with Crippen molar-refractivity contribution in [2.45, 2.75) is 25.2 Å². The molecule has 1 aliphatic rings. The zero-order valence-corrected chi connectivity index (χ0v) is 10.7. The van der Waals surface area contributed by atoms with E-state index in [1.165, 1.54) is 5.56 Å². The predicted molar refractivity (Wildman–Crippen MR) is 74.7 cm³/mol.